The van der Waals surface area contributed by atoms with Gasteiger partial charge in [-0.05, 0) is 6.92 Å². The van der Waals surface area contributed by atoms with Crippen LogP contribution < -0.4 is 5.73 Å². The average Bonchev–Trinajstić information content (AvgIpc) is 3.04. The summed E-state index contributed by atoms with van der Waals surface area (Å²) >= 11 is 0. The van der Waals surface area contributed by atoms with Crippen molar-refractivity contribution in [3.05, 3.63) is 12.2 Å². The minimum Gasteiger partial charge on any atom is -0.382 e. The van der Waals surface area contributed by atoms with E-state index in [0.29, 0.717) is 17.0 Å². The lowest BCUT2D eigenvalue weighted by Crippen LogP contribution is -2.28. The topological polar surface area (TPSA) is 212 Å². The molecule has 3 atom stereocenters. The highest BCUT2D eigenvalue weighted by Gasteiger charge is 2.42. The van der Waals surface area contributed by atoms with Crippen LogP contribution in [-0.2, 0) is 22.9 Å². The van der Waals surface area contributed by atoms with Gasteiger partial charge in [0.15, 0.2) is 17.0 Å². The van der Waals surface area contributed by atoms with Crippen molar-refractivity contribution in [3.8, 4) is 0 Å². The quantitative estimate of drug-likeness (QED) is 0.373. The normalized spacial score (nSPS) is 24.0. The third kappa shape index (κ3) is 4.69. The molecule has 0 aromatic carbocycles. The zero-order valence-electron chi connectivity index (χ0n) is 13.8. The summed E-state index contributed by atoms with van der Waals surface area (Å²) in [7, 11) is -9.70. The highest BCUT2D eigenvalue weighted by Crippen LogP contribution is 2.45. The first-order chi connectivity index (χ1) is 12.4. The number of fused-ring (bicyclic) bond motifs is 1. The Morgan fingerprint density at radius 1 is 1.30 bits per heavy atom. The van der Waals surface area contributed by atoms with Gasteiger partial charge in [0.05, 0.1) is 6.61 Å². The molecule has 2 aromatic rings. The Kier molecular flexibility index (Phi) is 5.38. The van der Waals surface area contributed by atoms with Gasteiger partial charge in [-0.1, -0.05) is 0 Å². The second kappa shape index (κ2) is 7.17. The van der Waals surface area contributed by atoms with Crippen molar-refractivity contribution in [2.75, 3.05) is 12.3 Å². The van der Waals surface area contributed by atoms with E-state index in [1.165, 1.54) is 10.9 Å². The molecule has 27 heavy (non-hydrogen) atoms. The van der Waals surface area contributed by atoms with Gasteiger partial charge in [0.1, 0.15) is 30.6 Å². The van der Waals surface area contributed by atoms with E-state index in [-0.39, 0.29) is 12.2 Å². The fraction of sp³-hybridized carbons (Fsp3) is 0.545. The fourth-order valence-electron chi connectivity index (χ4n) is 2.85. The maximum atomic E-state index is 11.2. The number of phosphoric ester groups is 2. The molecule has 3 heterocycles. The van der Waals surface area contributed by atoms with Crippen LogP contribution >= 0.6 is 15.6 Å². The van der Waals surface area contributed by atoms with E-state index < -0.39 is 40.7 Å². The molecule has 0 spiro atoms. The SMILES string of the molecule is Cc1nc2c(N)ncnc2n1[C@H]1C[C@H](OP(=O)(O)O)[C@@H](COP(=O)(O)O)O1. The molecule has 0 amide bonds. The third-order valence-corrected chi connectivity index (χ3v) is 4.86. The number of aryl methyl sites for hydroxylation is 1. The van der Waals surface area contributed by atoms with Crippen molar-refractivity contribution in [1.82, 2.24) is 19.5 Å². The number of nitrogens with zero attached hydrogens (tertiary/aromatic N) is 4. The second-order valence-corrected chi connectivity index (χ2v) is 8.18. The molecule has 2 aromatic heterocycles. The minimum atomic E-state index is -4.89. The van der Waals surface area contributed by atoms with Crippen LogP contribution in [0.5, 0.6) is 0 Å². The summed E-state index contributed by atoms with van der Waals surface area (Å²) in [4.78, 5) is 48.1. The molecule has 3 rings (SSSR count). The first kappa shape index (κ1) is 20.3. The molecular formula is C11H17N5O9P2. The summed E-state index contributed by atoms with van der Waals surface area (Å²) in [6.07, 6.45) is -2.03. The lowest BCUT2D eigenvalue weighted by molar-refractivity contribution is -0.0423. The molecule has 6 N–H and O–H groups in total. The first-order valence-electron chi connectivity index (χ1n) is 7.49. The van der Waals surface area contributed by atoms with Gasteiger partial charge in [0.2, 0.25) is 0 Å². The van der Waals surface area contributed by atoms with E-state index >= 15 is 0 Å². The van der Waals surface area contributed by atoms with E-state index in [2.05, 4.69) is 19.5 Å². The van der Waals surface area contributed by atoms with Crippen LogP contribution in [0.1, 0.15) is 18.5 Å². The van der Waals surface area contributed by atoms with Crippen LogP contribution in [0.25, 0.3) is 11.2 Å². The summed E-state index contributed by atoms with van der Waals surface area (Å²) in [5.41, 5.74) is 6.42. The fourth-order valence-corrected chi connectivity index (χ4v) is 3.76. The number of anilines is 1. The predicted octanol–water partition coefficient (Wildman–Crippen LogP) is -0.408. The van der Waals surface area contributed by atoms with Gasteiger partial charge < -0.3 is 30.0 Å². The Bertz CT molecular complexity index is 940. The standard InChI is InChI=1S/C11H17N5O9P2/c1-5-15-9-10(12)13-4-14-11(9)16(5)8-2-6(25-27(20,21)22)7(24-8)3-23-26(17,18)19/h4,6-8H,2-3H2,1H3,(H2,12,13,14)(H2,17,18,19)(H2,20,21,22)/t6-,7+,8+/m0/s1. The van der Waals surface area contributed by atoms with E-state index in [0.717, 1.165) is 0 Å². The van der Waals surface area contributed by atoms with Crippen molar-refractivity contribution >= 4 is 32.6 Å². The zero-order valence-corrected chi connectivity index (χ0v) is 15.6. The molecular weight excluding hydrogens is 408 g/mol. The molecule has 0 unspecified atom stereocenters. The van der Waals surface area contributed by atoms with E-state index in [1.54, 1.807) is 6.92 Å². The van der Waals surface area contributed by atoms with Gasteiger partial charge in [-0.25, -0.2) is 24.1 Å². The number of aromatic nitrogens is 4. The smallest absolute Gasteiger partial charge is 0.382 e. The summed E-state index contributed by atoms with van der Waals surface area (Å²) in [5, 5.41) is 0. The van der Waals surface area contributed by atoms with Crippen LogP contribution in [0.4, 0.5) is 5.82 Å². The summed E-state index contributed by atoms with van der Waals surface area (Å²) in [6.45, 7) is 0.997. The van der Waals surface area contributed by atoms with Crippen LogP contribution in [0, 0.1) is 6.92 Å². The molecule has 0 bridgehead atoms. The summed E-state index contributed by atoms with van der Waals surface area (Å²) in [6, 6.07) is 0. The van der Waals surface area contributed by atoms with Crippen molar-refractivity contribution in [2.45, 2.75) is 31.8 Å². The number of phosphoric acid groups is 2. The van der Waals surface area contributed by atoms with Gasteiger partial charge >= 0.3 is 15.6 Å². The number of hydrogen-bond acceptors (Lipinski definition) is 9. The Balaban J connectivity index is 1.91. The largest absolute Gasteiger partial charge is 0.469 e. The Labute approximate surface area is 151 Å². The van der Waals surface area contributed by atoms with Gasteiger partial charge in [-0.15, -0.1) is 0 Å². The van der Waals surface area contributed by atoms with Gasteiger partial charge in [-0.2, -0.15) is 0 Å². The van der Waals surface area contributed by atoms with Crippen molar-refractivity contribution in [2.24, 2.45) is 0 Å². The van der Waals surface area contributed by atoms with Gasteiger partial charge in [0, 0.05) is 6.42 Å². The molecule has 0 aliphatic carbocycles. The molecule has 16 heteroatoms. The van der Waals surface area contributed by atoms with Crippen LogP contribution in [0.2, 0.25) is 0 Å². The number of hydrogen-bond donors (Lipinski definition) is 5. The molecule has 0 saturated carbocycles. The lowest BCUT2D eigenvalue weighted by atomic mass is 10.2. The van der Waals surface area contributed by atoms with Crippen LogP contribution in [-0.4, -0.2) is 57.9 Å². The van der Waals surface area contributed by atoms with E-state index in [4.69, 9.17) is 34.6 Å². The number of imidazole rings is 1. The van der Waals surface area contributed by atoms with Crippen LogP contribution in [0.3, 0.4) is 0 Å². The van der Waals surface area contributed by atoms with E-state index in [1.807, 2.05) is 0 Å². The predicted molar refractivity (Wildman–Crippen MR) is 87.9 cm³/mol. The summed E-state index contributed by atoms with van der Waals surface area (Å²) in [5.74, 6) is 0.581. The maximum Gasteiger partial charge on any atom is 0.469 e. The maximum absolute atomic E-state index is 11.2. The lowest BCUT2D eigenvalue weighted by Gasteiger charge is -2.19. The van der Waals surface area contributed by atoms with Crippen molar-refractivity contribution in [1.29, 1.82) is 0 Å². The molecule has 1 fully saturated rings. The molecule has 0 radical (unpaired) electrons. The second-order valence-electron chi connectivity index (χ2n) is 5.75. The molecule has 1 saturated heterocycles. The molecule has 14 nitrogen and oxygen atoms in total. The molecule has 150 valence electrons. The Morgan fingerprint density at radius 3 is 2.63 bits per heavy atom. The number of nitrogens with two attached hydrogens (primary N) is 1. The molecule has 1 aliphatic rings. The first-order valence-corrected chi connectivity index (χ1v) is 10.5. The Hall–Kier alpha value is -1.47. The van der Waals surface area contributed by atoms with Gasteiger partial charge in [0.25, 0.3) is 0 Å². The van der Waals surface area contributed by atoms with Crippen molar-refractivity contribution < 1.29 is 42.5 Å². The minimum absolute atomic E-state index is 0.0590. The van der Waals surface area contributed by atoms with E-state index in [9.17, 15) is 9.13 Å². The average molecular weight is 425 g/mol. The highest BCUT2D eigenvalue weighted by molar-refractivity contribution is 7.46. The number of ether oxygens (including phenoxy) is 1. The number of nitrogen functional groups attached to an aromatic ring is 1. The Morgan fingerprint density at radius 2 is 2.00 bits per heavy atom. The zero-order chi connectivity index (χ0) is 20.0. The summed E-state index contributed by atoms with van der Waals surface area (Å²) < 4.78 is 38.4. The van der Waals surface area contributed by atoms with Gasteiger partial charge in [-0.3, -0.25) is 13.6 Å². The number of rotatable bonds is 6. The highest BCUT2D eigenvalue weighted by atomic mass is 31.2. The molecule has 1 aliphatic heterocycles. The third-order valence-electron chi connectivity index (χ3n) is 3.83. The van der Waals surface area contributed by atoms with Crippen molar-refractivity contribution in [3.63, 3.8) is 0 Å². The van der Waals surface area contributed by atoms with Crippen LogP contribution in [0.15, 0.2) is 6.33 Å². The monoisotopic (exact) mass is 425 g/mol.